The Hall–Kier alpha value is -0.926. The summed E-state index contributed by atoms with van der Waals surface area (Å²) in [6.45, 7) is 13.7. The molecule has 2 N–H and O–H groups in total. The number of hydrogen-bond donors (Lipinski definition) is 2. The maximum atomic E-state index is 11.9. The first-order valence-corrected chi connectivity index (χ1v) is 12.5. The van der Waals surface area contributed by atoms with Crippen LogP contribution in [0.3, 0.4) is 0 Å². The number of amides is 2. The van der Waals surface area contributed by atoms with Crippen molar-refractivity contribution in [2.24, 2.45) is 0 Å². The van der Waals surface area contributed by atoms with Crippen LogP contribution in [0.2, 0.25) is 19.6 Å². The minimum Gasteiger partial charge on any atom is -0.422 e. The van der Waals surface area contributed by atoms with Gasteiger partial charge in [0.1, 0.15) is 0 Å². The van der Waals surface area contributed by atoms with Gasteiger partial charge in [-0.05, 0) is 38.2 Å². The Morgan fingerprint density at radius 2 is 1.45 bits per heavy atom. The zero-order valence-electron chi connectivity index (χ0n) is 13.3. The van der Waals surface area contributed by atoms with Gasteiger partial charge in [0.2, 0.25) is 11.8 Å². The Morgan fingerprint density at radius 3 is 1.70 bits per heavy atom. The van der Waals surface area contributed by atoms with E-state index in [1.54, 1.807) is 5.70 Å². The lowest BCUT2D eigenvalue weighted by Crippen LogP contribution is -2.69. The Bertz CT molecular complexity index is 334. The molecule has 0 aliphatic carbocycles. The highest BCUT2D eigenvalue weighted by Crippen LogP contribution is 2.12. The van der Waals surface area contributed by atoms with Gasteiger partial charge in [0.25, 0.3) is 0 Å². The molecule has 0 aromatic carbocycles. The minimum atomic E-state index is -2.98. The second-order valence-corrected chi connectivity index (χ2v) is 13.2. The van der Waals surface area contributed by atoms with Gasteiger partial charge < -0.3 is 14.1 Å². The molecule has 20 heavy (non-hydrogen) atoms. The lowest BCUT2D eigenvalue weighted by atomic mass is 10.3. The predicted octanol–water partition coefficient (Wildman–Crippen LogP) is 2.33. The van der Waals surface area contributed by atoms with Crippen LogP contribution >= 0.6 is 0 Å². The van der Waals surface area contributed by atoms with Gasteiger partial charge in [-0.15, -0.1) is 6.58 Å². The van der Waals surface area contributed by atoms with Crippen molar-refractivity contribution in [2.75, 3.05) is 0 Å². The van der Waals surface area contributed by atoms with Gasteiger partial charge >= 0.3 is 8.64 Å². The predicted molar refractivity (Wildman–Crippen MR) is 86.5 cm³/mol. The maximum Gasteiger partial charge on any atom is 0.435 e. The molecule has 7 heteroatoms. The van der Waals surface area contributed by atoms with Crippen LogP contribution in [0.4, 0.5) is 0 Å². The smallest absolute Gasteiger partial charge is 0.422 e. The Labute approximate surface area is 124 Å². The van der Waals surface area contributed by atoms with E-state index in [2.05, 4.69) is 16.5 Å². The third-order valence-electron chi connectivity index (χ3n) is 2.36. The fourth-order valence-corrected chi connectivity index (χ4v) is 7.65. The van der Waals surface area contributed by atoms with Crippen molar-refractivity contribution in [3.8, 4) is 0 Å². The van der Waals surface area contributed by atoms with Crippen LogP contribution in [0.5, 0.6) is 0 Å². The largest absolute Gasteiger partial charge is 0.435 e. The number of hydrogen-bond acceptors (Lipinski definition) is 3. The average molecular weight is 317 g/mol. The summed E-state index contributed by atoms with van der Waals surface area (Å²) in [6, 6.07) is 0. The number of rotatable bonds is 9. The SMILES string of the molecule is C=C[Si](NC(=O)CCC)(NC(=O)CCC)O[Si](C)(C)C. The van der Waals surface area contributed by atoms with E-state index >= 15 is 0 Å². The van der Waals surface area contributed by atoms with Gasteiger partial charge in [-0.1, -0.05) is 13.8 Å². The molecule has 5 nitrogen and oxygen atoms in total. The van der Waals surface area contributed by atoms with Crippen LogP contribution in [0, 0.1) is 0 Å². The van der Waals surface area contributed by atoms with Gasteiger partial charge in [0.15, 0.2) is 8.32 Å². The van der Waals surface area contributed by atoms with Gasteiger partial charge in [-0.3, -0.25) is 9.59 Å². The van der Waals surface area contributed by atoms with Gasteiger partial charge in [-0.25, -0.2) is 0 Å². The van der Waals surface area contributed by atoms with E-state index < -0.39 is 17.0 Å². The molecule has 0 unspecified atom stereocenters. The molecule has 0 spiro atoms. The Balaban J connectivity index is 5.11. The zero-order chi connectivity index (χ0) is 15.8. The molecule has 0 radical (unpaired) electrons. The molecule has 0 aliphatic heterocycles. The van der Waals surface area contributed by atoms with Crippen molar-refractivity contribution >= 4 is 28.8 Å². The second-order valence-electron chi connectivity index (χ2n) is 5.75. The first-order chi connectivity index (χ1) is 9.18. The van der Waals surface area contributed by atoms with Crippen molar-refractivity contribution in [1.29, 1.82) is 0 Å². The molecule has 0 fully saturated rings. The van der Waals surface area contributed by atoms with Crippen LogP contribution < -0.4 is 9.96 Å². The summed E-state index contributed by atoms with van der Waals surface area (Å²) >= 11 is 0. The van der Waals surface area contributed by atoms with E-state index in [4.69, 9.17) is 4.12 Å². The molecule has 0 heterocycles. The van der Waals surface area contributed by atoms with Crippen LogP contribution in [-0.2, 0) is 13.7 Å². The second kappa shape index (κ2) is 8.38. The molecular weight excluding hydrogens is 288 g/mol. The van der Waals surface area contributed by atoms with Gasteiger partial charge in [0, 0.05) is 12.8 Å². The highest BCUT2D eigenvalue weighted by atomic mass is 28.4. The average Bonchev–Trinajstić information content (AvgIpc) is 2.26. The number of nitrogens with one attached hydrogen (secondary N) is 2. The molecule has 0 bridgehead atoms. The zero-order valence-corrected chi connectivity index (χ0v) is 15.3. The van der Waals surface area contributed by atoms with Crippen LogP contribution in [0.15, 0.2) is 12.3 Å². The molecule has 0 saturated carbocycles. The molecule has 0 aliphatic rings. The van der Waals surface area contributed by atoms with Crippen molar-refractivity contribution in [2.45, 2.75) is 59.2 Å². The fourth-order valence-electron chi connectivity index (χ4n) is 1.70. The summed E-state index contributed by atoms with van der Waals surface area (Å²) in [5, 5.41) is 0. The molecule has 0 saturated heterocycles. The van der Waals surface area contributed by atoms with E-state index in [9.17, 15) is 9.59 Å². The lowest BCUT2D eigenvalue weighted by molar-refractivity contribution is -0.120. The summed E-state index contributed by atoms with van der Waals surface area (Å²) in [6.07, 6.45) is 2.34. The summed E-state index contributed by atoms with van der Waals surface area (Å²) < 4.78 is 6.10. The summed E-state index contributed by atoms with van der Waals surface area (Å²) in [7, 11) is -4.91. The topological polar surface area (TPSA) is 67.4 Å². The summed E-state index contributed by atoms with van der Waals surface area (Å²) in [5.41, 5.74) is 1.59. The number of carbonyl (C=O) groups is 2. The molecule has 0 rings (SSSR count). The van der Waals surface area contributed by atoms with Gasteiger partial charge in [-0.2, -0.15) is 0 Å². The molecule has 0 atom stereocenters. The van der Waals surface area contributed by atoms with Crippen LogP contribution in [-0.4, -0.2) is 28.8 Å². The molecule has 0 aromatic rings. The van der Waals surface area contributed by atoms with E-state index in [1.807, 2.05) is 33.5 Å². The first kappa shape index (κ1) is 19.1. The molecule has 116 valence electrons. The van der Waals surface area contributed by atoms with E-state index in [1.165, 1.54) is 0 Å². The normalized spacial score (nSPS) is 11.8. The third-order valence-corrected chi connectivity index (χ3v) is 7.97. The highest BCUT2D eigenvalue weighted by Gasteiger charge is 2.41. The van der Waals surface area contributed by atoms with E-state index in [0.717, 1.165) is 12.8 Å². The van der Waals surface area contributed by atoms with Crippen LogP contribution in [0.1, 0.15) is 39.5 Å². The third kappa shape index (κ3) is 7.61. The van der Waals surface area contributed by atoms with E-state index in [-0.39, 0.29) is 11.8 Å². The van der Waals surface area contributed by atoms with Crippen molar-refractivity contribution in [3.63, 3.8) is 0 Å². The number of carbonyl (C=O) groups excluding carboxylic acids is 2. The van der Waals surface area contributed by atoms with Crippen molar-refractivity contribution < 1.29 is 13.7 Å². The summed E-state index contributed by atoms with van der Waals surface area (Å²) in [5.74, 6) is -0.205. The minimum absolute atomic E-state index is 0.103. The Morgan fingerprint density at radius 1 is 1.05 bits per heavy atom. The first-order valence-electron chi connectivity index (χ1n) is 7.13. The molecular formula is C13H28N2O3Si2. The van der Waals surface area contributed by atoms with Crippen LogP contribution in [0.25, 0.3) is 0 Å². The van der Waals surface area contributed by atoms with Crippen molar-refractivity contribution in [1.82, 2.24) is 9.96 Å². The molecule has 2 amide bonds. The molecule has 0 aromatic heterocycles. The van der Waals surface area contributed by atoms with E-state index in [0.29, 0.717) is 12.8 Å². The van der Waals surface area contributed by atoms with Crippen molar-refractivity contribution in [3.05, 3.63) is 12.3 Å². The lowest BCUT2D eigenvalue weighted by Gasteiger charge is -2.34. The fraction of sp³-hybridized carbons (Fsp3) is 0.692. The monoisotopic (exact) mass is 316 g/mol. The standard InChI is InChI=1S/C13H28N2O3Si2/c1-7-10-12(16)14-20(9-3,18-19(4,5)6)15-13(17)11-8-2/h9H,3,7-8,10-11H2,1-2,4-6H3,(H,14,16)(H,15,17). The maximum absolute atomic E-state index is 11.9. The quantitative estimate of drug-likeness (QED) is 0.642. The Kier molecular flexibility index (Phi) is 7.99. The summed E-state index contributed by atoms with van der Waals surface area (Å²) in [4.78, 5) is 29.6. The highest BCUT2D eigenvalue weighted by molar-refractivity contribution is 6.87. The van der Waals surface area contributed by atoms with Gasteiger partial charge in [0.05, 0.1) is 0 Å².